The van der Waals surface area contributed by atoms with E-state index in [4.69, 9.17) is 9.47 Å². The maximum Gasteiger partial charge on any atom is 0.233 e. The quantitative estimate of drug-likeness (QED) is 0.676. The molecule has 0 amide bonds. The Balaban J connectivity index is 1.44. The molecule has 0 bridgehead atoms. The summed E-state index contributed by atoms with van der Waals surface area (Å²) >= 11 is 0. The summed E-state index contributed by atoms with van der Waals surface area (Å²) in [7, 11) is 0. The molecule has 0 unspecified atom stereocenters. The fourth-order valence-corrected chi connectivity index (χ4v) is 3.40. The van der Waals surface area contributed by atoms with Gasteiger partial charge in [0.25, 0.3) is 0 Å². The van der Waals surface area contributed by atoms with Gasteiger partial charge in [0.05, 0.1) is 0 Å². The van der Waals surface area contributed by atoms with Crippen LogP contribution >= 0.6 is 0 Å². The summed E-state index contributed by atoms with van der Waals surface area (Å²) in [5.74, 6) is 3.12. The van der Waals surface area contributed by atoms with Crippen molar-refractivity contribution in [1.29, 1.82) is 0 Å². The zero-order valence-corrected chi connectivity index (χ0v) is 16.2. The zero-order chi connectivity index (χ0) is 19.6. The number of benzene rings is 2. The molecule has 2 aliphatic rings. The van der Waals surface area contributed by atoms with Gasteiger partial charge in [-0.05, 0) is 44.0 Å². The molecule has 148 valence electrons. The highest BCUT2D eigenvalue weighted by Gasteiger charge is 2.18. The van der Waals surface area contributed by atoms with Crippen LogP contribution in [-0.2, 0) is 0 Å². The van der Waals surface area contributed by atoms with E-state index in [0.717, 1.165) is 43.1 Å². The third kappa shape index (κ3) is 3.87. The van der Waals surface area contributed by atoms with Crippen molar-refractivity contribution < 1.29 is 9.47 Å². The van der Waals surface area contributed by atoms with E-state index < -0.39 is 0 Å². The first kappa shape index (κ1) is 17.5. The molecule has 1 aromatic heterocycles. The lowest BCUT2D eigenvalue weighted by Crippen LogP contribution is -2.21. The molecule has 29 heavy (non-hydrogen) atoms. The Labute approximate surface area is 168 Å². The number of nitrogens with zero attached hydrogens (tertiary/aromatic N) is 4. The lowest BCUT2D eigenvalue weighted by Gasteiger charge is -2.17. The maximum atomic E-state index is 5.46. The molecular weight excluding hydrogens is 368 g/mol. The number of fused-ring (bicyclic) bond motifs is 1. The summed E-state index contributed by atoms with van der Waals surface area (Å²) in [5.41, 5.74) is 2.96. The second kappa shape index (κ2) is 7.46. The van der Waals surface area contributed by atoms with Crippen LogP contribution in [0.15, 0.2) is 42.5 Å². The largest absolute Gasteiger partial charge is 0.454 e. The Morgan fingerprint density at radius 1 is 0.793 bits per heavy atom. The fourth-order valence-electron chi connectivity index (χ4n) is 3.40. The highest BCUT2D eigenvalue weighted by atomic mass is 16.7. The van der Waals surface area contributed by atoms with E-state index in [1.165, 1.54) is 5.56 Å². The summed E-state index contributed by atoms with van der Waals surface area (Å²) in [5, 5.41) is 6.56. The van der Waals surface area contributed by atoms with Gasteiger partial charge in [0.1, 0.15) is 0 Å². The Hall–Kier alpha value is -3.55. The first-order chi connectivity index (χ1) is 14.2. The van der Waals surface area contributed by atoms with Crippen LogP contribution in [0, 0.1) is 6.92 Å². The second-order valence-corrected chi connectivity index (χ2v) is 7.16. The lowest BCUT2D eigenvalue weighted by molar-refractivity contribution is 0.174. The molecule has 0 aliphatic carbocycles. The molecule has 0 spiro atoms. The van der Waals surface area contributed by atoms with Gasteiger partial charge in [0.2, 0.25) is 24.6 Å². The number of rotatable bonds is 5. The van der Waals surface area contributed by atoms with E-state index in [0.29, 0.717) is 23.6 Å². The van der Waals surface area contributed by atoms with Crippen molar-refractivity contribution in [3.63, 3.8) is 0 Å². The molecule has 2 aliphatic heterocycles. The van der Waals surface area contributed by atoms with Crippen LogP contribution in [0.4, 0.5) is 29.2 Å². The van der Waals surface area contributed by atoms with Crippen LogP contribution in [-0.4, -0.2) is 34.8 Å². The van der Waals surface area contributed by atoms with Gasteiger partial charge >= 0.3 is 0 Å². The third-order valence-electron chi connectivity index (χ3n) is 4.95. The van der Waals surface area contributed by atoms with Gasteiger partial charge < -0.3 is 25.0 Å². The van der Waals surface area contributed by atoms with E-state index in [2.05, 4.69) is 49.5 Å². The van der Waals surface area contributed by atoms with E-state index >= 15 is 0 Å². The number of hydrogen-bond donors (Lipinski definition) is 2. The minimum absolute atomic E-state index is 0.244. The van der Waals surface area contributed by atoms with E-state index in [9.17, 15) is 0 Å². The van der Waals surface area contributed by atoms with E-state index in [1.54, 1.807) is 0 Å². The Morgan fingerprint density at radius 3 is 2.21 bits per heavy atom. The van der Waals surface area contributed by atoms with E-state index in [1.807, 2.05) is 30.3 Å². The third-order valence-corrected chi connectivity index (χ3v) is 4.95. The molecule has 2 N–H and O–H groups in total. The van der Waals surface area contributed by atoms with Crippen LogP contribution in [0.3, 0.4) is 0 Å². The van der Waals surface area contributed by atoms with Crippen LogP contribution in [0.25, 0.3) is 0 Å². The highest BCUT2D eigenvalue weighted by molar-refractivity contribution is 5.63. The predicted molar refractivity (Wildman–Crippen MR) is 112 cm³/mol. The fraction of sp³-hybridized carbons (Fsp3) is 0.286. The number of hydrogen-bond acceptors (Lipinski definition) is 8. The number of aromatic nitrogens is 3. The van der Waals surface area contributed by atoms with Gasteiger partial charge in [0.15, 0.2) is 11.5 Å². The Morgan fingerprint density at radius 2 is 1.45 bits per heavy atom. The molecule has 1 fully saturated rings. The van der Waals surface area contributed by atoms with Crippen LogP contribution < -0.4 is 25.0 Å². The Bertz CT molecular complexity index is 1020. The minimum atomic E-state index is 0.244. The number of nitrogens with one attached hydrogen (secondary N) is 2. The molecule has 2 aromatic carbocycles. The highest BCUT2D eigenvalue weighted by Crippen LogP contribution is 2.35. The summed E-state index contributed by atoms with van der Waals surface area (Å²) in [6, 6.07) is 13.8. The zero-order valence-electron chi connectivity index (χ0n) is 16.2. The van der Waals surface area contributed by atoms with Crippen molar-refractivity contribution in [2.75, 3.05) is 35.4 Å². The summed E-state index contributed by atoms with van der Waals surface area (Å²) in [6.07, 6.45) is 2.30. The van der Waals surface area contributed by atoms with Crippen LogP contribution in [0.2, 0.25) is 0 Å². The first-order valence-electron chi connectivity index (χ1n) is 9.74. The molecule has 1 saturated heterocycles. The lowest BCUT2D eigenvalue weighted by atomic mass is 10.2. The van der Waals surface area contributed by atoms with Crippen molar-refractivity contribution in [3.8, 4) is 11.5 Å². The van der Waals surface area contributed by atoms with Gasteiger partial charge in [0, 0.05) is 30.5 Å². The molecule has 3 aromatic rings. The van der Waals surface area contributed by atoms with Crippen molar-refractivity contribution >= 4 is 29.2 Å². The van der Waals surface area contributed by atoms with Crippen LogP contribution in [0.5, 0.6) is 11.5 Å². The van der Waals surface area contributed by atoms with Gasteiger partial charge in [-0.1, -0.05) is 17.7 Å². The Kier molecular flexibility index (Phi) is 4.51. The van der Waals surface area contributed by atoms with E-state index in [-0.39, 0.29) is 6.79 Å². The van der Waals surface area contributed by atoms with Crippen molar-refractivity contribution in [2.45, 2.75) is 19.8 Å². The van der Waals surface area contributed by atoms with Gasteiger partial charge in [-0.25, -0.2) is 0 Å². The van der Waals surface area contributed by atoms with Crippen molar-refractivity contribution in [1.82, 2.24) is 15.0 Å². The molecule has 0 saturated carbocycles. The monoisotopic (exact) mass is 390 g/mol. The SMILES string of the molecule is Cc1ccc(Nc2nc(Nc3ccc4c(c3)OCO4)nc(N3CCCC3)n2)cc1. The molecule has 0 atom stereocenters. The second-order valence-electron chi connectivity index (χ2n) is 7.16. The summed E-state index contributed by atoms with van der Waals surface area (Å²) in [6.45, 7) is 4.22. The smallest absolute Gasteiger partial charge is 0.233 e. The minimum Gasteiger partial charge on any atom is -0.454 e. The predicted octanol–water partition coefficient (Wildman–Crippen LogP) is 4.00. The van der Waals surface area contributed by atoms with Gasteiger partial charge in [-0.2, -0.15) is 15.0 Å². The normalized spacial score (nSPS) is 14.9. The van der Waals surface area contributed by atoms with Crippen molar-refractivity contribution in [2.24, 2.45) is 0 Å². The summed E-state index contributed by atoms with van der Waals surface area (Å²) in [4.78, 5) is 16.0. The molecule has 5 rings (SSSR count). The van der Waals surface area contributed by atoms with Crippen LogP contribution in [0.1, 0.15) is 18.4 Å². The molecule has 8 heteroatoms. The molecular formula is C21H22N6O2. The molecule has 0 radical (unpaired) electrons. The number of ether oxygens (including phenoxy) is 2. The maximum absolute atomic E-state index is 5.46. The topological polar surface area (TPSA) is 84.4 Å². The molecule has 3 heterocycles. The summed E-state index contributed by atoms with van der Waals surface area (Å²) < 4.78 is 10.8. The number of anilines is 5. The average molecular weight is 390 g/mol. The van der Waals surface area contributed by atoms with Crippen molar-refractivity contribution in [3.05, 3.63) is 48.0 Å². The van der Waals surface area contributed by atoms with Gasteiger partial charge in [-0.15, -0.1) is 0 Å². The first-order valence-corrected chi connectivity index (χ1v) is 9.74. The molecule has 8 nitrogen and oxygen atoms in total. The number of aryl methyl sites for hydroxylation is 1. The average Bonchev–Trinajstić information content (AvgIpc) is 3.41. The van der Waals surface area contributed by atoms with Gasteiger partial charge in [-0.3, -0.25) is 0 Å². The standard InChI is InChI=1S/C21H22N6O2/c1-14-4-6-15(7-5-14)22-19-24-20(26-21(25-19)27-10-2-3-11-27)23-16-8-9-17-18(12-16)29-13-28-17/h4-9,12H,2-3,10-11,13H2,1H3,(H2,22,23,24,25,26).